The van der Waals surface area contributed by atoms with E-state index in [-0.39, 0.29) is 18.3 Å². The van der Waals surface area contributed by atoms with Gasteiger partial charge in [0, 0.05) is 24.7 Å². The summed E-state index contributed by atoms with van der Waals surface area (Å²) in [6.07, 6.45) is 0. The van der Waals surface area contributed by atoms with Crippen molar-refractivity contribution in [3.63, 3.8) is 0 Å². The normalized spacial score (nSPS) is 10.7. The number of benzene rings is 2. The largest absolute Gasteiger partial charge is 0.497 e. The lowest BCUT2D eigenvalue weighted by atomic mass is 10.2. The molecule has 0 radical (unpaired) electrons. The van der Waals surface area contributed by atoms with Gasteiger partial charge in [-0.25, -0.2) is 4.98 Å². The van der Waals surface area contributed by atoms with Crippen LogP contribution in [0.15, 0.2) is 42.5 Å². The zero-order chi connectivity index (χ0) is 21.5. The first-order valence-electron chi connectivity index (χ1n) is 10.3. The number of hydrogen-bond acceptors (Lipinski definition) is 6. The van der Waals surface area contributed by atoms with Gasteiger partial charge in [0.1, 0.15) is 11.5 Å². The first-order chi connectivity index (χ1) is 14.6. The van der Waals surface area contributed by atoms with Crippen molar-refractivity contribution in [1.82, 2.24) is 9.88 Å². The molecule has 0 aliphatic rings. The molecule has 0 fully saturated rings. The average Bonchev–Trinajstić information content (AvgIpc) is 3.20. The molecule has 2 aromatic carbocycles. The summed E-state index contributed by atoms with van der Waals surface area (Å²) < 4.78 is 11.8. The number of ether oxygens (including phenoxy) is 2. The maximum atomic E-state index is 13.4. The van der Waals surface area contributed by atoms with E-state index >= 15 is 0 Å². The fourth-order valence-electron chi connectivity index (χ4n) is 3.22. The Hall–Kier alpha value is -2.35. The van der Waals surface area contributed by atoms with Crippen LogP contribution in [0.2, 0.25) is 0 Å². The summed E-state index contributed by atoms with van der Waals surface area (Å²) in [5.41, 5.74) is 1.46. The number of rotatable bonds is 10. The molecule has 0 atom stereocenters. The third-order valence-corrected chi connectivity index (χ3v) is 6.07. The summed E-state index contributed by atoms with van der Waals surface area (Å²) in [6, 6.07) is 13.1. The number of hydrogen-bond donors (Lipinski definition) is 0. The number of anilines is 1. The van der Waals surface area contributed by atoms with Crippen molar-refractivity contribution < 1.29 is 14.3 Å². The standard InChI is InChI=1S/C23H29N3O3S.ClH/c1-5-25(6-2)14-15-26(22(27)17-8-10-18(11-9-17)29-7-3)23-24-20-16-19(28-4)12-13-21(20)30-23;/h8-13,16H,5-7,14-15H2,1-4H3;1H. The number of aromatic nitrogens is 1. The van der Waals surface area contributed by atoms with Crippen LogP contribution in [-0.4, -0.2) is 55.7 Å². The Morgan fingerprint density at radius 3 is 2.29 bits per heavy atom. The van der Waals surface area contributed by atoms with E-state index in [2.05, 4.69) is 18.7 Å². The highest BCUT2D eigenvalue weighted by Gasteiger charge is 2.22. The van der Waals surface area contributed by atoms with Crippen molar-refractivity contribution in [2.45, 2.75) is 20.8 Å². The molecule has 0 saturated carbocycles. The van der Waals surface area contributed by atoms with Crippen molar-refractivity contribution in [2.24, 2.45) is 0 Å². The summed E-state index contributed by atoms with van der Waals surface area (Å²) in [5.74, 6) is 1.46. The second-order valence-corrected chi connectivity index (χ2v) is 7.78. The van der Waals surface area contributed by atoms with E-state index in [0.29, 0.717) is 23.8 Å². The van der Waals surface area contributed by atoms with Gasteiger partial charge >= 0.3 is 0 Å². The Morgan fingerprint density at radius 1 is 1.00 bits per heavy atom. The molecule has 0 saturated heterocycles. The van der Waals surface area contributed by atoms with Gasteiger partial charge in [-0.15, -0.1) is 12.4 Å². The van der Waals surface area contributed by atoms with Crippen molar-refractivity contribution in [1.29, 1.82) is 0 Å². The van der Waals surface area contributed by atoms with Crippen LogP contribution in [-0.2, 0) is 0 Å². The molecule has 0 N–H and O–H groups in total. The third-order valence-electron chi connectivity index (χ3n) is 5.01. The van der Waals surface area contributed by atoms with E-state index in [1.165, 1.54) is 11.3 Å². The number of carbonyl (C=O) groups excluding carboxylic acids is 1. The molecular formula is C23H30ClN3O3S. The van der Waals surface area contributed by atoms with Crippen LogP contribution in [0.25, 0.3) is 10.2 Å². The maximum Gasteiger partial charge on any atom is 0.260 e. The molecular weight excluding hydrogens is 434 g/mol. The van der Waals surface area contributed by atoms with E-state index < -0.39 is 0 Å². The highest BCUT2D eigenvalue weighted by atomic mass is 35.5. The molecule has 6 nitrogen and oxygen atoms in total. The van der Waals surface area contributed by atoms with Gasteiger partial charge < -0.3 is 14.4 Å². The number of nitrogens with zero attached hydrogens (tertiary/aromatic N) is 3. The summed E-state index contributed by atoms with van der Waals surface area (Å²) in [7, 11) is 1.64. The van der Waals surface area contributed by atoms with Crippen molar-refractivity contribution in [3.8, 4) is 11.5 Å². The number of thiazole rings is 1. The molecule has 0 unspecified atom stereocenters. The van der Waals surface area contributed by atoms with E-state index in [0.717, 1.165) is 41.3 Å². The molecule has 168 valence electrons. The Kier molecular flexibility index (Phi) is 9.55. The average molecular weight is 464 g/mol. The Morgan fingerprint density at radius 2 is 1.68 bits per heavy atom. The summed E-state index contributed by atoms with van der Waals surface area (Å²) >= 11 is 1.52. The molecule has 3 aromatic rings. The van der Waals surface area contributed by atoms with Gasteiger partial charge in [0.15, 0.2) is 5.13 Å². The molecule has 8 heteroatoms. The highest BCUT2D eigenvalue weighted by molar-refractivity contribution is 7.22. The monoisotopic (exact) mass is 463 g/mol. The van der Waals surface area contributed by atoms with Crippen LogP contribution in [0, 0.1) is 0 Å². The first kappa shape index (κ1) is 24.9. The zero-order valence-electron chi connectivity index (χ0n) is 18.5. The minimum atomic E-state index is -0.0591. The minimum Gasteiger partial charge on any atom is -0.497 e. The fraction of sp³-hybridized carbons (Fsp3) is 0.391. The van der Waals surface area contributed by atoms with E-state index in [4.69, 9.17) is 14.5 Å². The molecule has 0 spiro atoms. The summed E-state index contributed by atoms with van der Waals surface area (Å²) in [5, 5.41) is 0.698. The lowest BCUT2D eigenvalue weighted by Gasteiger charge is -2.24. The third kappa shape index (κ3) is 6.09. The molecule has 0 aliphatic heterocycles. The smallest absolute Gasteiger partial charge is 0.260 e. The molecule has 1 aromatic heterocycles. The number of carbonyl (C=O) groups is 1. The number of amides is 1. The Balaban J connectivity index is 0.00000341. The molecule has 3 rings (SSSR count). The predicted octanol–water partition coefficient (Wildman–Crippen LogP) is 5.11. The van der Waals surface area contributed by atoms with Crippen LogP contribution >= 0.6 is 23.7 Å². The lowest BCUT2D eigenvalue weighted by molar-refractivity contribution is 0.0983. The van der Waals surface area contributed by atoms with Gasteiger partial charge in [-0.2, -0.15) is 0 Å². The van der Waals surface area contributed by atoms with Gasteiger partial charge in [-0.3, -0.25) is 9.69 Å². The SMILES string of the molecule is CCOc1ccc(C(=O)N(CCN(CC)CC)c2nc3cc(OC)ccc3s2)cc1.Cl. The number of fused-ring (bicyclic) bond motifs is 1. The van der Waals surface area contributed by atoms with Crippen molar-refractivity contribution in [2.75, 3.05) is 44.8 Å². The molecule has 1 heterocycles. The number of halogens is 1. The van der Waals surface area contributed by atoms with Crippen LogP contribution in [0.5, 0.6) is 11.5 Å². The van der Waals surface area contributed by atoms with Gasteiger partial charge in [0.05, 0.1) is 23.9 Å². The van der Waals surface area contributed by atoms with E-state index in [1.54, 1.807) is 12.0 Å². The number of likely N-dealkylation sites (N-methyl/N-ethyl adjacent to an activating group) is 1. The van der Waals surface area contributed by atoms with Crippen LogP contribution in [0.1, 0.15) is 31.1 Å². The molecule has 0 bridgehead atoms. The zero-order valence-corrected chi connectivity index (χ0v) is 20.1. The Labute approximate surface area is 194 Å². The van der Waals surface area contributed by atoms with E-state index in [1.807, 2.05) is 49.4 Å². The second-order valence-electron chi connectivity index (χ2n) is 6.77. The number of methoxy groups -OCH3 is 1. The maximum absolute atomic E-state index is 13.4. The van der Waals surface area contributed by atoms with Crippen molar-refractivity contribution in [3.05, 3.63) is 48.0 Å². The van der Waals surface area contributed by atoms with Gasteiger partial charge in [-0.05, 0) is 56.4 Å². The summed E-state index contributed by atoms with van der Waals surface area (Å²) in [4.78, 5) is 22.2. The van der Waals surface area contributed by atoms with Crippen LogP contribution in [0.3, 0.4) is 0 Å². The van der Waals surface area contributed by atoms with Crippen molar-refractivity contribution >= 4 is 45.0 Å². The van der Waals surface area contributed by atoms with E-state index in [9.17, 15) is 4.79 Å². The van der Waals surface area contributed by atoms with Gasteiger partial charge in [-0.1, -0.05) is 25.2 Å². The van der Waals surface area contributed by atoms with Crippen LogP contribution in [0.4, 0.5) is 5.13 Å². The lowest BCUT2D eigenvalue weighted by Crippen LogP contribution is -2.38. The quantitative estimate of drug-likeness (QED) is 0.418. The van der Waals surface area contributed by atoms with Crippen LogP contribution < -0.4 is 14.4 Å². The first-order valence-corrected chi connectivity index (χ1v) is 11.1. The van der Waals surface area contributed by atoms with Gasteiger partial charge in [0.25, 0.3) is 5.91 Å². The topological polar surface area (TPSA) is 54.9 Å². The van der Waals surface area contributed by atoms with Gasteiger partial charge in [0.2, 0.25) is 0 Å². The molecule has 1 amide bonds. The fourth-order valence-corrected chi connectivity index (χ4v) is 4.19. The minimum absolute atomic E-state index is 0. The predicted molar refractivity (Wildman–Crippen MR) is 130 cm³/mol. The molecule has 0 aliphatic carbocycles. The second kappa shape index (κ2) is 11.9. The highest BCUT2D eigenvalue weighted by Crippen LogP contribution is 2.32. The Bertz CT molecular complexity index is 974. The molecule has 31 heavy (non-hydrogen) atoms. The summed E-state index contributed by atoms with van der Waals surface area (Å²) in [6.45, 7) is 10.0.